The van der Waals surface area contributed by atoms with E-state index in [-0.39, 0.29) is 0 Å². The molecule has 0 N–H and O–H groups in total. The van der Waals surface area contributed by atoms with Gasteiger partial charge in [-0.1, -0.05) is 35.1 Å². The van der Waals surface area contributed by atoms with Gasteiger partial charge in [0.1, 0.15) is 10.8 Å². The number of nitrogens with zero attached hydrogens (tertiary/aromatic N) is 4. The summed E-state index contributed by atoms with van der Waals surface area (Å²) in [7, 11) is 1.64. The van der Waals surface area contributed by atoms with Crippen molar-refractivity contribution in [2.45, 2.75) is 10.8 Å². The highest BCUT2D eigenvalue weighted by Crippen LogP contribution is 2.26. The Bertz CT molecular complexity index is 985. The number of aromatic nitrogens is 4. The summed E-state index contributed by atoms with van der Waals surface area (Å²) in [6, 6.07) is 15.5. The third kappa shape index (κ3) is 3.76. The van der Waals surface area contributed by atoms with E-state index in [2.05, 4.69) is 20.3 Å². The minimum atomic E-state index is 0.547. The molecule has 3 heterocycles. The van der Waals surface area contributed by atoms with Crippen LogP contribution in [0.1, 0.15) is 5.89 Å². The molecule has 4 rings (SSSR count). The monoisotopic (exact) mass is 382 g/mol. The average molecular weight is 382 g/mol. The van der Waals surface area contributed by atoms with Gasteiger partial charge in [-0.15, -0.1) is 21.5 Å². The number of rotatable bonds is 6. The fraction of sp³-hybridized carbons (Fsp3) is 0.111. The second kappa shape index (κ2) is 7.67. The van der Waals surface area contributed by atoms with Crippen LogP contribution in [0.5, 0.6) is 5.75 Å². The van der Waals surface area contributed by atoms with Gasteiger partial charge in [0.15, 0.2) is 0 Å². The molecule has 0 atom stereocenters. The van der Waals surface area contributed by atoms with E-state index in [1.54, 1.807) is 18.4 Å². The molecule has 0 saturated carbocycles. The largest absolute Gasteiger partial charge is 0.497 e. The smallest absolute Gasteiger partial charge is 0.237 e. The van der Waals surface area contributed by atoms with Crippen LogP contribution in [0, 0.1) is 0 Å². The van der Waals surface area contributed by atoms with Crippen molar-refractivity contribution in [3.05, 3.63) is 59.8 Å². The van der Waals surface area contributed by atoms with Crippen molar-refractivity contribution in [3.8, 4) is 27.7 Å². The summed E-state index contributed by atoms with van der Waals surface area (Å²) in [5.74, 6) is 2.53. The molecule has 1 aromatic carbocycles. The van der Waals surface area contributed by atoms with Gasteiger partial charge in [0.25, 0.3) is 0 Å². The van der Waals surface area contributed by atoms with Gasteiger partial charge in [0, 0.05) is 5.56 Å². The highest BCUT2D eigenvalue weighted by atomic mass is 32.2. The van der Waals surface area contributed by atoms with Gasteiger partial charge >= 0.3 is 0 Å². The molecular weight excluding hydrogens is 368 g/mol. The zero-order valence-electron chi connectivity index (χ0n) is 13.8. The molecule has 6 nitrogen and oxygen atoms in total. The fourth-order valence-electron chi connectivity index (χ4n) is 2.29. The van der Waals surface area contributed by atoms with Crippen LogP contribution in [0.3, 0.4) is 0 Å². The molecule has 0 aliphatic carbocycles. The van der Waals surface area contributed by atoms with E-state index >= 15 is 0 Å². The zero-order valence-corrected chi connectivity index (χ0v) is 15.5. The van der Waals surface area contributed by atoms with Crippen molar-refractivity contribution in [1.29, 1.82) is 0 Å². The lowest BCUT2D eigenvalue weighted by Gasteiger charge is -2.04. The van der Waals surface area contributed by atoms with E-state index in [1.165, 1.54) is 11.8 Å². The van der Waals surface area contributed by atoms with E-state index in [9.17, 15) is 0 Å². The fourth-order valence-corrected chi connectivity index (χ4v) is 3.59. The highest BCUT2D eigenvalue weighted by Gasteiger charge is 2.10. The number of ether oxygens (including phenoxy) is 1. The summed E-state index contributed by atoms with van der Waals surface area (Å²) in [5.41, 5.74) is 1.76. The van der Waals surface area contributed by atoms with Crippen molar-refractivity contribution in [2.75, 3.05) is 7.11 Å². The first-order valence-corrected chi connectivity index (χ1v) is 9.66. The van der Waals surface area contributed by atoms with Crippen molar-refractivity contribution < 1.29 is 9.26 Å². The van der Waals surface area contributed by atoms with Crippen molar-refractivity contribution in [1.82, 2.24) is 20.3 Å². The maximum Gasteiger partial charge on any atom is 0.237 e. The maximum atomic E-state index is 5.29. The van der Waals surface area contributed by atoms with Crippen molar-refractivity contribution in [3.63, 3.8) is 0 Å². The molecule has 0 radical (unpaired) electrons. The number of benzene rings is 1. The Morgan fingerprint density at radius 3 is 2.85 bits per heavy atom. The molecule has 0 unspecified atom stereocenters. The second-order valence-corrected chi connectivity index (χ2v) is 7.21. The molecule has 3 aromatic heterocycles. The Hall–Kier alpha value is -2.71. The molecule has 0 fully saturated rings. The van der Waals surface area contributed by atoms with E-state index in [0.717, 1.165) is 26.9 Å². The van der Waals surface area contributed by atoms with Gasteiger partial charge in [0.05, 0.1) is 23.4 Å². The first kappa shape index (κ1) is 16.7. The van der Waals surface area contributed by atoms with Crippen molar-refractivity contribution >= 4 is 23.1 Å². The maximum absolute atomic E-state index is 5.29. The standard InChI is InChI=1S/C18H14N4O2S2/c1-23-13-5-2-4-12(10-13)14-7-8-17(21-20-14)26-11-16-19-18(22-24-16)15-6-3-9-25-15/h2-10H,11H2,1H3. The Labute approximate surface area is 158 Å². The van der Waals surface area contributed by atoms with E-state index in [4.69, 9.17) is 9.26 Å². The molecular formula is C18H14N4O2S2. The van der Waals surface area contributed by atoms with Crippen LogP contribution in [0.4, 0.5) is 0 Å². The number of hydrogen-bond acceptors (Lipinski definition) is 8. The van der Waals surface area contributed by atoms with Gasteiger partial charge in [0.2, 0.25) is 11.7 Å². The minimum Gasteiger partial charge on any atom is -0.497 e. The number of thiophene rings is 1. The third-order valence-electron chi connectivity index (χ3n) is 3.56. The molecule has 0 bridgehead atoms. The first-order chi connectivity index (χ1) is 12.8. The molecule has 0 aliphatic rings. The molecule has 8 heteroatoms. The van der Waals surface area contributed by atoms with Crippen LogP contribution in [-0.2, 0) is 5.75 Å². The number of methoxy groups -OCH3 is 1. The zero-order chi connectivity index (χ0) is 17.8. The first-order valence-electron chi connectivity index (χ1n) is 7.79. The average Bonchev–Trinajstić information content (AvgIpc) is 3.38. The summed E-state index contributed by atoms with van der Waals surface area (Å²) in [6.07, 6.45) is 0. The van der Waals surface area contributed by atoms with Gasteiger partial charge in [-0.25, -0.2) is 0 Å². The number of hydrogen-bond donors (Lipinski definition) is 0. The van der Waals surface area contributed by atoms with E-state index in [1.807, 2.05) is 53.9 Å². The summed E-state index contributed by atoms with van der Waals surface area (Å²) >= 11 is 3.09. The molecule has 0 aliphatic heterocycles. The predicted molar refractivity (Wildman–Crippen MR) is 101 cm³/mol. The van der Waals surface area contributed by atoms with Crippen LogP contribution in [0.25, 0.3) is 22.0 Å². The summed E-state index contributed by atoms with van der Waals surface area (Å²) < 4.78 is 10.5. The van der Waals surface area contributed by atoms with E-state index < -0.39 is 0 Å². The van der Waals surface area contributed by atoms with Crippen LogP contribution < -0.4 is 4.74 Å². The lowest BCUT2D eigenvalue weighted by Crippen LogP contribution is -1.91. The topological polar surface area (TPSA) is 73.9 Å². The number of thioether (sulfide) groups is 1. The lowest BCUT2D eigenvalue weighted by atomic mass is 10.1. The molecule has 0 saturated heterocycles. The quantitative estimate of drug-likeness (QED) is 0.453. The van der Waals surface area contributed by atoms with Crippen LogP contribution in [0.15, 0.2) is 63.5 Å². The Morgan fingerprint density at radius 2 is 2.08 bits per heavy atom. The molecule has 26 heavy (non-hydrogen) atoms. The van der Waals surface area contributed by atoms with Crippen LogP contribution in [-0.4, -0.2) is 27.4 Å². The summed E-state index contributed by atoms with van der Waals surface area (Å²) in [5, 5.41) is 15.3. The van der Waals surface area contributed by atoms with Crippen LogP contribution >= 0.6 is 23.1 Å². The van der Waals surface area contributed by atoms with E-state index in [0.29, 0.717) is 17.5 Å². The Balaban J connectivity index is 1.41. The molecule has 0 amide bonds. The second-order valence-electron chi connectivity index (χ2n) is 5.27. The normalized spacial score (nSPS) is 10.8. The predicted octanol–water partition coefficient (Wildman–Crippen LogP) is 4.56. The minimum absolute atomic E-state index is 0.547. The summed E-state index contributed by atoms with van der Waals surface area (Å²) in [4.78, 5) is 5.39. The lowest BCUT2D eigenvalue weighted by molar-refractivity contribution is 0.392. The third-order valence-corrected chi connectivity index (χ3v) is 5.33. The Kier molecular flexibility index (Phi) is 4.94. The SMILES string of the molecule is COc1cccc(-c2ccc(SCc3nc(-c4cccs4)no3)nn2)c1. The van der Waals surface area contributed by atoms with Crippen LogP contribution in [0.2, 0.25) is 0 Å². The molecule has 130 valence electrons. The molecule has 0 spiro atoms. The Morgan fingerprint density at radius 1 is 1.12 bits per heavy atom. The van der Waals surface area contributed by atoms with Gasteiger partial charge in [-0.2, -0.15) is 4.98 Å². The van der Waals surface area contributed by atoms with Gasteiger partial charge in [-0.3, -0.25) is 0 Å². The summed E-state index contributed by atoms with van der Waals surface area (Å²) in [6.45, 7) is 0. The van der Waals surface area contributed by atoms with Crippen molar-refractivity contribution in [2.24, 2.45) is 0 Å². The van der Waals surface area contributed by atoms with Gasteiger partial charge in [-0.05, 0) is 35.7 Å². The molecule has 4 aromatic rings. The highest BCUT2D eigenvalue weighted by molar-refractivity contribution is 7.98. The van der Waals surface area contributed by atoms with Gasteiger partial charge < -0.3 is 9.26 Å².